The molecule has 0 saturated carbocycles. The Hall–Kier alpha value is -0.960. The second-order valence-electron chi connectivity index (χ2n) is 3.23. The maximum Gasteiger partial charge on any atom is 0.248 e. The topological polar surface area (TPSA) is 20.9 Å². The Labute approximate surface area is 95.0 Å². The zero-order valence-electron chi connectivity index (χ0n) is 8.46. The number of pyridine rings is 1. The molecule has 0 aliphatic heterocycles. The molecule has 0 aliphatic rings. The predicted molar refractivity (Wildman–Crippen MR) is 51.5 cm³/mol. The molecular formula is C11H14BrNO. The number of hydrogen-bond acceptors (Lipinski definition) is 1. The summed E-state index contributed by atoms with van der Waals surface area (Å²) in [6.07, 6.45) is 1.89. The van der Waals surface area contributed by atoms with Gasteiger partial charge in [-0.15, -0.1) is 0 Å². The molecule has 76 valence electrons. The van der Waals surface area contributed by atoms with Crippen molar-refractivity contribution in [2.45, 2.75) is 20.4 Å². The second-order valence-corrected chi connectivity index (χ2v) is 3.23. The molecule has 0 N–H and O–H groups in total. The summed E-state index contributed by atoms with van der Waals surface area (Å²) in [6.45, 7) is 8.04. The lowest BCUT2D eigenvalue weighted by Crippen LogP contribution is -3.00. The Bertz CT molecular complexity index is 347. The van der Waals surface area contributed by atoms with Gasteiger partial charge < -0.3 is 17.0 Å². The van der Waals surface area contributed by atoms with Crippen molar-refractivity contribution in [2.24, 2.45) is 0 Å². The van der Waals surface area contributed by atoms with E-state index < -0.39 is 0 Å². The minimum Gasteiger partial charge on any atom is -1.00 e. The van der Waals surface area contributed by atoms with Crippen molar-refractivity contribution in [3.63, 3.8) is 0 Å². The highest BCUT2D eigenvalue weighted by Gasteiger charge is 2.13. The maximum atomic E-state index is 11.2. The number of carbonyl (C=O) groups excluding carboxylic acids is 1. The number of halogens is 1. The predicted octanol–water partition coefficient (Wildman–Crippen LogP) is -1.24. The number of rotatable bonds is 3. The molecule has 0 aromatic carbocycles. The molecule has 0 bridgehead atoms. The van der Waals surface area contributed by atoms with Crippen LogP contribution in [-0.2, 0) is 6.54 Å². The summed E-state index contributed by atoms with van der Waals surface area (Å²) < 4.78 is 1.91. The minimum absolute atomic E-state index is 0. The van der Waals surface area contributed by atoms with Gasteiger partial charge in [0.2, 0.25) is 11.5 Å². The van der Waals surface area contributed by atoms with Gasteiger partial charge in [-0.3, -0.25) is 4.79 Å². The molecule has 3 heteroatoms. The lowest BCUT2D eigenvalue weighted by molar-refractivity contribution is -0.690. The highest BCUT2D eigenvalue weighted by Crippen LogP contribution is 1.95. The molecule has 0 saturated heterocycles. The summed E-state index contributed by atoms with van der Waals surface area (Å²) in [4.78, 5) is 11.2. The third-order valence-corrected chi connectivity index (χ3v) is 1.74. The Morgan fingerprint density at radius 1 is 1.43 bits per heavy atom. The van der Waals surface area contributed by atoms with E-state index in [1.165, 1.54) is 0 Å². The lowest BCUT2D eigenvalue weighted by Gasteiger charge is -1.99. The summed E-state index contributed by atoms with van der Waals surface area (Å²) in [7, 11) is 0. The van der Waals surface area contributed by atoms with E-state index in [1.807, 2.05) is 35.9 Å². The Morgan fingerprint density at radius 2 is 2.07 bits per heavy atom. The highest BCUT2D eigenvalue weighted by atomic mass is 79.9. The van der Waals surface area contributed by atoms with E-state index in [0.29, 0.717) is 6.54 Å². The van der Waals surface area contributed by atoms with Crippen LogP contribution in [0.5, 0.6) is 0 Å². The standard InChI is InChI=1S/C11H14NO.BrH/c1-9(2)8-12-7-5-4-6-11(12)10(3)13;/h4-7H,1,8H2,2-3H3;1H/q+1;/p-1. The van der Waals surface area contributed by atoms with E-state index in [9.17, 15) is 4.79 Å². The van der Waals surface area contributed by atoms with Crippen molar-refractivity contribution in [2.75, 3.05) is 0 Å². The van der Waals surface area contributed by atoms with Gasteiger partial charge in [-0.2, -0.15) is 4.57 Å². The summed E-state index contributed by atoms with van der Waals surface area (Å²) in [6, 6.07) is 5.60. The number of nitrogens with zero attached hydrogens (tertiary/aromatic N) is 1. The van der Waals surface area contributed by atoms with Gasteiger partial charge in [0.25, 0.3) is 0 Å². The van der Waals surface area contributed by atoms with E-state index in [2.05, 4.69) is 6.58 Å². The molecule has 0 atom stereocenters. The lowest BCUT2D eigenvalue weighted by atomic mass is 10.2. The number of hydrogen-bond donors (Lipinski definition) is 0. The van der Waals surface area contributed by atoms with Crippen molar-refractivity contribution in [3.05, 3.63) is 42.2 Å². The van der Waals surface area contributed by atoms with Gasteiger partial charge in [0, 0.05) is 19.1 Å². The number of ketones is 1. The molecule has 0 amide bonds. The van der Waals surface area contributed by atoms with Crippen LogP contribution in [0.25, 0.3) is 0 Å². The minimum atomic E-state index is 0. The normalized spacial score (nSPS) is 9.00. The molecular weight excluding hydrogens is 242 g/mol. The van der Waals surface area contributed by atoms with Crippen LogP contribution in [0, 0.1) is 0 Å². The summed E-state index contributed by atoms with van der Waals surface area (Å²) in [5.74, 6) is 0.0850. The molecule has 0 radical (unpaired) electrons. The number of allylic oxidation sites excluding steroid dienone is 1. The van der Waals surface area contributed by atoms with Crippen LogP contribution < -0.4 is 21.5 Å². The molecule has 14 heavy (non-hydrogen) atoms. The fourth-order valence-corrected chi connectivity index (χ4v) is 1.22. The summed E-state index contributed by atoms with van der Waals surface area (Å²) >= 11 is 0. The van der Waals surface area contributed by atoms with Gasteiger partial charge in [-0.1, -0.05) is 6.58 Å². The van der Waals surface area contributed by atoms with Crippen molar-refractivity contribution in [1.82, 2.24) is 0 Å². The summed E-state index contributed by atoms with van der Waals surface area (Å²) in [5.41, 5.74) is 1.77. The SMILES string of the molecule is C=C(C)C[n+]1ccccc1C(C)=O.[Br-]. The van der Waals surface area contributed by atoms with Crippen LogP contribution in [0.1, 0.15) is 24.3 Å². The number of carbonyl (C=O) groups is 1. The number of aromatic nitrogens is 1. The van der Waals surface area contributed by atoms with E-state index in [0.717, 1.165) is 11.3 Å². The third kappa shape index (κ3) is 3.42. The average molecular weight is 256 g/mol. The van der Waals surface area contributed by atoms with Gasteiger partial charge in [0.1, 0.15) is 0 Å². The Balaban J connectivity index is 0.00000169. The average Bonchev–Trinajstić information content (AvgIpc) is 2.03. The fraction of sp³-hybridized carbons (Fsp3) is 0.273. The zero-order chi connectivity index (χ0) is 9.84. The fourth-order valence-electron chi connectivity index (χ4n) is 1.22. The van der Waals surface area contributed by atoms with Crippen molar-refractivity contribution >= 4 is 5.78 Å². The van der Waals surface area contributed by atoms with Gasteiger partial charge in [0.15, 0.2) is 12.7 Å². The van der Waals surface area contributed by atoms with Gasteiger partial charge in [0.05, 0.1) is 0 Å². The quantitative estimate of drug-likeness (QED) is 0.376. The first kappa shape index (κ1) is 13.0. The van der Waals surface area contributed by atoms with Crippen LogP contribution in [0.2, 0.25) is 0 Å². The first-order chi connectivity index (χ1) is 6.11. The van der Waals surface area contributed by atoms with Crippen LogP contribution in [-0.4, -0.2) is 5.78 Å². The van der Waals surface area contributed by atoms with Crippen molar-refractivity contribution < 1.29 is 26.3 Å². The molecule has 2 nitrogen and oxygen atoms in total. The molecule has 1 aromatic rings. The zero-order valence-corrected chi connectivity index (χ0v) is 10.0. The van der Waals surface area contributed by atoms with E-state index >= 15 is 0 Å². The van der Waals surface area contributed by atoms with Gasteiger partial charge in [-0.25, -0.2) is 0 Å². The second kappa shape index (κ2) is 5.70. The molecule has 1 aromatic heterocycles. The first-order valence-electron chi connectivity index (χ1n) is 4.25. The Morgan fingerprint density at radius 3 is 2.57 bits per heavy atom. The maximum absolute atomic E-state index is 11.2. The molecule has 1 rings (SSSR count). The Kier molecular flexibility index (Phi) is 5.31. The van der Waals surface area contributed by atoms with Crippen LogP contribution in [0.4, 0.5) is 0 Å². The van der Waals surface area contributed by atoms with Gasteiger partial charge >= 0.3 is 0 Å². The molecule has 0 spiro atoms. The van der Waals surface area contributed by atoms with Crippen LogP contribution in [0.3, 0.4) is 0 Å². The smallest absolute Gasteiger partial charge is 0.248 e. The third-order valence-electron chi connectivity index (χ3n) is 1.74. The van der Waals surface area contributed by atoms with Crippen molar-refractivity contribution in [3.8, 4) is 0 Å². The van der Waals surface area contributed by atoms with Crippen molar-refractivity contribution in [1.29, 1.82) is 0 Å². The van der Waals surface area contributed by atoms with E-state index in [1.54, 1.807) is 6.92 Å². The first-order valence-corrected chi connectivity index (χ1v) is 4.25. The monoisotopic (exact) mass is 255 g/mol. The van der Waals surface area contributed by atoms with Crippen LogP contribution >= 0.6 is 0 Å². The van der Waals surface area contributed by atoms with E-state index in [4.69, 9.17) is 0 Å². The molecule has 0 unspecified atom stereocenters. The van der Waals surface area contributed by atoms with E-state index in [-0.39, 0.29) is 22.8 Å². The molecule has 0 fully saturated rings. The van der Waals surface area contributed by atoms with Gasteiger partial charge in [-0.05, 0) is 18.6 Å². The molecule has 0 aliphatic carbocycles. The largest absolute Gasteiger partial charge is 1.00 e. The highest BCUT2D eigenvalue weighted by molar-refractivity contribution is 5.90. The number of Topliss-reactive ketones (excluding diaryl/α,β-unsaturated/α-hetero) is 1. The summed E-state index contributed by atoms with van der Waals surface area (Å²) in [5, 5.41) is 0. The van der Waals surface area contributed by atoms with Crippen LogP contribution in [0.15, 0.2) is 36.5 Å². The molecule has 1 heterocycles.